The van der Waals surface area contributed by atoms with Crippen LogP contribution >= 0.6 is 0 Å². The molecular formula is C11H19N3O2. The van der Waals surface area contributed by atoms with Crippen LogP contribution in [-0.4, -0.2) is 48.4 Å². The maximum Gasteiger partial charge on any atom is 0.242 e. The molecule has 0 saturated carbocycles. The van der Waals surface area contributed by atoms with Gasteiger partial charge < -0.3 is 10.2 Å². The maximum absolute atomic E-state index is 12.1. The zero-order valence-corrected chi connectivity index (χ0v) is 9.82. The Balaban J connectivity index is 2.60. The molecule has 1 aliphatic heterocycles. The normalized spacial score (nSPS) is 20.4. The van der Waals surface area contributed by atoms with Gasteiger partial charge in [0.1, 0.15) is 6.04 Å². The molecule has 0 aromatic rings. The van der Waals surface area contributed by atoms with Gasteiger partial charge in [-0.15, -0.1) is 6.58 Å². The van der Waals surface area contributed by atoms with Crippen LogP contribution < -0.4 is 10.6 Å². The van der Waals surface area contributed by atoms with Gasteiger partial charge in [0.2, 0.25) is 11.8 Å². The molecule has 90 valence electrons. The fourth-order valence-electron chi connectivity index (χ4n) is 1.64. The van der Waals surface area contributed by atoms with Crippen LogP contribution in [0.4, 0.5) is 0 Å². The summed E-state index contributed by atoms with van der Waals surface area (Å²) in [5.74, 6) is -0.0567. The van der Waals surface area contributed by atoms with E-state index < -0.39 is 0 Å². The smallest absolute Gasteiger partial charge is 0.242 e. The van der Waals surface area contributed by atoms with Gasteiger partial charge in [0.15, 0.2) is 0 Å². The Hall–Kier alpha value is -1.36. The molecule has 1 saturated heterocycles. The van der Waals surface area contributed by atoms with Crippen molar-refractivity contribution in [3.05, 3.63) is 12.7 Å². The molecule has 1 atom stereocenters. The zero-order valence-electron chi connectivity index (χ0n) is 9.82. The first-order valence-corrected chi connectivity index (χ1v) is 5.47. The number of amides is 2. The molecular weight excluding hydrogens is 206 g/mol. The van der Waals surface area contributed by atoms with Crippen LogP contribution in [0.1, 0.15) is 13.8 Å². The van der Waals surface area contributed by atoms with E-state index in [0.29, 0.717) is 13.1 Å². The summed E-state index contributed by atoms with van der Waals surface area (Å²) in [5, 5.41) is 5.60. The largest absolute Gasteiger partial charge is 0.353 e. The van der Waals surface area contributed by atoms with Crippen molar-refractivity contribution in [2.24, 2.45) is 0 Å². The summed E-state index contributed by atoms with van der Waals surface area (Å²) in [6.07, 6.45) is 1.71. The van der Waals surface area contributed by atoms with Crippen molar-refractivity contribution in [3.63, 3.8) is 0 Å². The molecule has 1 fully saturated rings. The third kappa shape index (κ3) is 3.06. The van der Waals surface area contributed by atoms with E-state index in [2.05, 4.69) is 17.2 Å². The summed E-state index contributed by atoms with van der Waals surface area (Å²) in [6.45, 7) is 8.66. The van der Waals surface area contributed by atoms with E-state index in [1.54, 1.807) is 11.0 Å². The summed E-state index contributed by atoms with van der Waals surface area (Å²) in [7, 11) is 0. The van der Waals surface area contributed by atoms with Crippen LogP contribution in [0.15, 0.2) is 12.7 Å². The first-order chi connectivity index (χ1) is 7.56. The summed E-state index contributed by atoms with van der Waals surface area (Å²) in [4.78, 5) is 24.8. The molecule has 0 spiro atoms. The fraction of sp³-hybridized carbons (Fsp3) is 0.636. The predicted octanol–water partition coefficient (Wildman–Crippen LogP) is -0.503. The Morgan fingerprint density at radius 1 is 1.69 bits per heavy atom. The molecule has 2 N–H and O–H groups in total. The molecule has 1 aliphatic rings. The molecule has 0 aromatic heterocycles. The molecule has 0 radical (unpaired) electrons. The second-order valence-corrected chi connectivity index (χ2v) is 4.11. The summed E-state index contributed by atoms with van der Waals surface area (Å²) >= 11 is 0. The van der Waals surface area contributed by atoms with Gasteiger partial charge in [-0.2, -0.15) is 0 Å². The molecule has 1 rings (SSSR count). The Kier molecular flexibility index (Phi) is 4.49. The lowest BCUT2D eigenvalue weighted by Crippen LogP contribution is -2.59. The predicted molar refractivity (Wildman–Crippen MR) is 61.8 cm³/mol. The van der Waals surface area contributed by atoms with E-state index in [1.165, 1.54) is 0 Å². The Morgan fingerprint density at radius 2 is 2.38 bits per heavy atom. The van der Waals surface area contributed by atoms with E-state index in [4.69, 9.17) is 0 Å². The van der Waals surface area contributed by atoms with E-state index in [0.717, 1.165) is 0 Å². The van der Waals surface area contributed by atoms with Crippen LogP contribution in [0.3, 0.4) is 0 Å². The Labute approximate surface area is 95.9 Å². The molecule has 1 heterocycles. The van der Waals surface area contributed by atoms with Crippen molar-refractivity contribution >= 4 is 11.8 Å². The number of carbonyl (C=O) groups excluding carboxylic acids is 2. The Bertz CT molecular complexity index is 279. The minimum absolute atomic E-state index is 0.00917. The average molecular weight is 225 g/mol. The standard InChI is InChI=1S/C11H19N3O2/c1-4-5-14(8(2)3)11(16)9-6-13-10(15)7-12-9/h4,8-9,12H,1,5-7H2,2-3H3,(H,13,15). The monoisotopic (exact) mass is 225 g/mol. The third-order valence-corrected chi connectivity index (χ3v) is 2.54. The second kappa shape index (κ2) is 5.65. The highest BCUT2D eigenvalue weighted by molar-refractivity contribution is 5.87. The van der Waals surface area contributed by atoms with Crippen LogP contribution in [0.5, 0.6) is 0 Å². The highest BCUT2D eigenvalue weighted by atomic mass is 16.2. The molecule has 16 heavy (non-hydrogen) atoms. The number of hydrogen-bond acceptors (Lipinski definition) is 3. The van der Waals surface area contributed by atoms with Crippen molar-refractivity contribution in [1.29, 1.82) is 0 Å². The van der Waals surface area contributed by atoms with Gasteiger partial charge >= 0.3 is 0 Å². The lowest BCUT2D eigenvalue weighted by Gasteiger charge is -2.32. The van der Waals surface area contributed by atoms with Crippen LogP contribution in [0.25, 0.3) is 0 Å². The number of rotatable bonds is 4. The topological polar surface area (TPSA) is 61.4 Å². The van der Waals surface area contributed by atoms with Gasteiger partial charge in [-0.3, -0.25) is 14.9 Å². The summed E-state index contributed by atoms with van der Waals surface area (Å²) in [6, 6.07) is -0.190. The van der Waals surface area contributed by atoms with Crippen molar-refractivity contribution in [2.75, 3.05) is 19.6 Å². The summed E-state index contributed by atoms with van der Waals surface area (Å²) < 4.78 is 0. The summed E-state index contributed by atoms with van der Waals surface area (Å²) in [5.41, 5.74) is 0. The van der Waals surface area contributed by atoms with Crippen LogP contribution in [0, 0.1) is 0 Å². The highest BCUT2D eigenvalue weighted by Crippen LogP contribution is 2.03. The first kappa shape index (κ1) is 12.7. The van der Waals surface area contributed by atoms with E-state index in [1.807, 2.05) is 13.8 Å². The number of carbonyl (C=O) groups is 2. The third-order valence-electron chi connectivity index (χ3n) is 2.54. The van der Waals surface area contributed by atoms with Gasteiger partial charge in [-0.05, 0) is 13.8 Å². The molecule has 5 heteroatoms. The van der Waals surface area contributed by atoms with Gasteiger partial charge in [0.05, 0.1) is 6.54 Å². The zero-order chi connectivity index (χ0) is 12.1. The second-order valence-electron chi connectivity index (χ2n) is 4.11. The minimum Gasteiger partial charge on any atom is -0.353 e. The van der Waals surface area contributed by atoms with Crippen LogP contribution in [-0.2, 0) is 9.59 Å². The van der Waals surface area contributed by atoms with Crippen molar-refractivity contribution in [1.82, 2.24) is 15.5 Å². The SMILES string of the molecule is C=CCN(C(=O)C1CNC(=O)CN1)C(C)C. The Morgan fingerprint density at radius 3 is 2.81 bits per heavy atom. The molecule has 2 amide bonds. The minimum atomic E-state index is -0.319. The van der Waals surface area contributed by atoms with E-state index in [-0.39, 0.29) is 30.4 Å². The molecule has 1 unspecified atom stereocenters. The number of nitrogens with one attached hydrogen (secondary N) is 2. The molecule has 0 aliphatic carbocycles. The fourth-order valence-corrected chi connectivity index (χ4v) is 1.64. The average Bonchev–Trinajstić information content (AvgIpc) is 2.25. The van der Waals surface area contributed by atoms with E-state index >= 15 is 0 Å². The van der Waals surface area contributed by atoms with Crippen molar-refractivity contribution < 1.29 is 9.59 Å². The highest BCUT2D eigenvalue weighted by Gasteiger charge is 2.28. The number of nitrogens with zero attached hydrogens (tertiary/aromatic N) is 1. The van der Waals surface area contributed by atoms with E-state index in [9.17, 15) is 9.59 Å². The number of piperazine rings is 1. The van der Waals surface area contributed by atoms with Gasteiger partial charge in [0, 0.05) is 19.1 Å². The lowest BCUT2D eigenvalue weighted by atomic mass is 10.1. The quantitative estimate of drug-likeness (QED) is 0.634. The van der Waals surface area contributed by atoms with Crippen molar-refractivity contribution in [3.8, 4) is 0 Å². The van der Waals surface area contributed by atoms with Gasteiger partial charge in [0.25, 0.3) is 0 Å². The molecule has 0 bridgehead atoms. The lowest BCUT2D eigenvalue weighted by molar-refractivity contribution is -0.135. The molecule has 0 aromatic carbocycles. The first-order valence-electron chi connectivity index (χ1n) is 5.47. The van der Waals surface area contributed by atoms with Gasteiger partial charge in [-0.25, -0.2) is 0 Å². The van der Waals surface area contributed by atoms with Crippen molar-refractivity contribution in [2.45, 2.75) is 25.9 Å². The number of hydrogen-bond donors (Lipinski definition) is 2. The van der Waals surface area contributed by atoms with Crippen LogP contribution in [0.2, 0.25) is 0 Å². The molecule has 5 nitrogen and oxygen atoms in total. The maximum atomic E-state index is 12.1. The van der Waals surface area contributed by atoms with Gasteiger partial charge in [-0.1, -0.05) is 6.08 Å².